The lowest BCUT2D eigenvalue weighted by molar-refractivity contribution is -0.121. The van der Waals surface area contributed by atoms with Gasteiger partial charge in [-0.15, -0.1) is 0 Å². The van der Waals surface area contributed by atoms with Gasteiger partial charge in [-0.05, 0) is 48.4 Å². The molecule has 3 rings (SSSR count). The summed E-state index contributed by atoms with van der Waals surface area (Å²) in [4.78, 5) is 25.8. The topological polar surface area (TPSA) is 127 Å². The Balaban J connectivity index is 1.90. The second-order valence-corrected chi connectivity index (χ2v) is 7.64. The Morgan fingerprint density at radius 3 is 2.14 bits per heavy atom. The normalized spacial score (nSPS) is 14.7. The zero-order valence-electron chi connectivity index (χ0n) is 15.0. The largest absolute Gasteiger partial charge is 0.502 e. The van der Waals surface area contributed by atoms with E-state index in [1.807, 2.05) is 6.92 Å². The third-order valence-electron chi connectivity index (χ3n) is 4.10. The van der Waals surface area contributed by atoms with E-state index in [4.69, 9.17) is 9.88 Å². The molecule has 9 heteroatoms. The quantitative estimate of drug-likeness (QED) is 0.711. The van der Waals surface area contributed by atoms with Gasteiger partial charge in [-0.3, -0.25) is 9.59 Å². The monoisotopic (exact) mass is 402 g/mol. The van der Waals surface area contributed by atoms with Crippen LogP contribution in [-0.4, -0.2) is 31.9 Å². The van der Waals surface area contributed by atoms with Gasteiger partial charge in [-0.1, -0.05) is 19.1 Å². The number of sulfonamides is 1. The molecule has 0 saturated heterocycles. The van der Waals surface area contributed by atoms with Crippen LogP contribution in [0.2, 0.25) is 0 Å². The number of aliphatic hydroxyl groups excluding tert-OH is 1. The number of primary sulfonamides is 1. The van der Waals surface area contributed by atoms with Crippen molar-refractivity contribution in [2.24, 2.45) is 5.14 Å². The van der Waals surface area contributed by atoms with Crippen molar-refractivity contribution in [1.29, 1.82) is 0 Å². The second kappa shape index (κ2) is 7.45. The molecule has 0 aromatic heterocycles. The van der Waals surface area contributed by atoms with Crippen LogP contribution in [0, 0.1) is 0 Å². The third kappa shape index (κ3) is 3.62. The lowest BCUT2D eigenvalue weighted by Crippen LogP contribution is -2.31. The molecule has 0 fully saturated rings. The van der Waals surface area contributed by atoms with E-state index in [2.05, 4.69) is 0 Å². The summed E-state index contributed by atoms with van der Waals surface area (Å²) >= 11 is 0. The number of hydrogen-bond acceptors (Lipinski definition) is 6. The molecular weight excluding hydrogens is 384 g/mol. The summed E-state index contributed by atoms with van der Waals surface area (Å²) < 4.78 is 28.2. The highest BCUT2D eigenvalue weighted by molar-refractivity contribution is 7.89. The van der Waals surface area contributed by atoms with Gasteiger partial charge in [0, 0.05) is 0 Å². The highest BCUT2D eigenvalue weighted by Gasteiger charge is 2.40. The number of aliphatic hydroxyl groups is 1. The Kier molecular flexibility index (Phi) is 5.21. The number of nitrogens with two attached hydrogens (primary N) is 1. The van der Waals surface area contributed by atoms with Crippen molar-refractivity contribution < 1.29 is 27.9 Å². The maximum absolute atomic E-state index is 12.8. The standard InChI is InChI=1S/C19H18N2O6S/c1-2-11-27-14-7-3-12(4-8-14)16-17(22)19(24)21(18(16)23)13-5-9-15(10-6-13)28(20,25)26/h3-10,22H,2,11H2,1H3,(H2,20,25,26). The summed E-state index contributed by atoms with van der Waals surface area (Å²) in [6, 6.07) is 11.4. The Morgan fingerprint density at radius 2 is 1.61 bits per heavy atom. The first-order valence-corrected chi connectivity index (χ1v) is 9.96. The molecule has 2 aromatic rings. The molecule has 3 N–H and O–H groups in total. The molecule has 1 aliphatic heterocycles. The minimum Gasteiger partial charge on any atom is -0.502 e. The van der Waals surface area contributed by atoms with Crippen LogP contribution in [0.3, 0.4) is 0 Å². The summed E-state index contributed by atoms with van der Waals surface area (Å²) in [6.07, 6.45) is 0.847. The van der Waals surface area contributed by atoms with Gasteiger partial charge < -0.3 is 9.84 Å². The lowest BCUT2D eigenvalue weighted by atomic mass is 10.1. The first-order valence-electron chi connectivity index (χ1n) is 8.42. The van der Waals surface area contributed by atoms with Crippen LogP contribution in [0.15, 0.2) is 59.2 Å². The van der Waals surface area contributed by atoms with E-state index >= 15 is 0 Å². The van der Waals surface area contributed by atoms with Crippen LogP contribution in [0.25, 0.3) is 5.57 Å². The lowest BCUT2D eigenvalue weighted by Gasteiger charge is -2.15. The first-order chi connectivity index (χ1) is 13.2. The minimum atomic E-state index is -3.91. The van der Waals surface area contributed by atoms with Crippen LogP contribution >= 0.6 is 0 Å². The second-order valence-electron chi connectivity index (χ2n) is 6.08. The van der Waals surface area contributed by atoms with E-state index < -0.39 is 27.6 Å². The number of ether oxygens (including phenoxy) is 1. The molecule has 0 bridgehead atoms. The van der Waals surface area contributed by atoms with E-state index in [-0.39, 0.29) is 16.2 Å². The summed E-state index contributed by atoms with van der Waals surface area (Å²) in [5.41, 5.74) is 0.345. The van der Waals surface area contributed by atoms with Crippen molar-refractivity contribution in [2.45, 2.75) is 18.2 Å². The first kappa shape index (κ1) is 19.6. The average Bonchev–Trinajstić information content (AvgIpc) is 2.89. The van der Waals surface area contributed by atoms with Crippen molar-refractivity contribution in [3.63, 3.8) is 0 Å². The third-order valence-corrected chi connectivity index (χ3v) is 5.03. The van der Waals surface area contributed by atoms with Crippen molar-refractivity contribution in [3.05, 3.63) is 59.9 Å². The maximum Gasteiger partial charge on any atom is 0.301 e. The van der Waals surface area contributed by atoms with Crippen molar-refractivity contribution >= 4 is 33.1 Å². The number of anilines is 1. The zero-order valence-corrected chi connectivity index (χ0v) is 15.8. The van der Waals surface area contributed by atoms with E-state index in [1.165, 1.54) is 24.3 Å². The highest BCUT2D eigenvalue weighted by Crippen LogP contribution is 2.32. The van der Waals surface area contributed by atoms with Crippen molar-refractivity contribution in [1.82, 2.24) is 0 Å². The predicted octanol–water partition coefficient (Wildman–Crippen LogP) is 1.97. The number of amides is 2. The fourth-order valence-electron chi connectivity index (χ4n) is 2.74. The molecule has 0 atom stereocenters. The van der Waals surface area contributed by atoms with Crippen LogP contribution in [0.5, 0.6) is 5.75 Å². The van der Waals surface area contributed by atoms with Gasteiger partial charge in [0.2, 0.25) is 10.0 Å². The Hall–Kier alpha value is -3.17. The number of carbonyl (C=O) groups is 2. The molecule has 2 aromatic carbocycles. The predicted molar refractivity (Wildman–Crippen MR) is 102 cm³/mol. The van der Waals surface area contributed by atoms with E-state index in [0.29, 0.717) is 17.9 Å². The fourth-order valence-corrected chi connectivity index (χ4v) is 3.25. The summed E-state index contributed by atoms with van der Waals surface area (Å²) in [5, 5.41) is 15.3. The Bertz CT molecular complexity index is 1060. The van der Waals surface area contributed by atoms with Gasteiger partial charge in [-0.2, -0.15) is 0 Å². The van der Waals surface area contributed by atoms with Gasteiger partial charge in [-0.25, -0.2) is 18.5 Å². The molecule has 0 radical (unpaired) electrons. The maximum atomic E-state index is 12.8. The number of imide groups is 1. The van der Waals surface area contributed by atoms with Crippen LogP contribution < -0.4 is 14.8 Å². The zero-order chi connectivity index (χ0) is 20.5. The molecule has 0 unspecified atom stereocenters. The van der Waals surface area contributed by atoms with Crippen molar-refractivity contribution in [2.75, 3.05) is 11.5 Å². The number of benzene rings is 2. The summed E-state index contributed by atoms with van der Waals surface area (Å²) in [7, 11) is -3.91. The fraction of sp³-hybridized carbons (Fsp3) is 0.158. The van der Waals surface area contributed by atoms with Gasteiger partial charge in [0.05, 0.1) is 22.8 Å². The van der Waals surface area contributed by atoms with Gasteiger partial charge >= 0.3 is 5.91 Å². The van der Waals surface area contributed by atoms with Crippen LogP contribution in [0.4, 0.5) is 5.69 Å². The Morgan fingerprint density at radius 1 is 1.00 bits per heavy atom. The highest BCUT2D eigenvalue weighted by atomic mass is 32.2. The van der Waals surface area contributed by atoms with E-state index in [0.717, 1.165) is 11.3 Å². The Labute approximate surface area is 161 Å². The number of rotatable bonds is 6. The molecule has 1 aliphatic rings. The molecule has 146 valence electrons. The smallest absolute Gasteiger partial charge is 0.301 e. The van der Waals surface area contributed by atoms with E-state index in [9.17, 15) is 23.1 Å². The molecule has 0 spiro atoms. The summed E-state index contributed by atoms with van der Waals surface area (Å²) in [5.74, 6) is -1.68. The molecule has 8 nitrogen and oxygen atoms in total. The van der Waals surface area contributed by atoms with Crippen LogP contribution in [-0.2, 0) is 19.6 Å². The van der Waals surface area contributed by atoms with Gasteiger partial charge in [0.25, 0.3) is 5.91 Å². The SMILES string of the molecule is CCCOc1ccc(C2=C(O)C(=O)N(c3ccc(S(N)(=O)=O)cc3)C2=O)cc1. The molecule has 1 heterocycles. The van der Waals surface area contributed by atoms with E-state index in [1.54, 1.807) is 24.3 Å². The van der Waals surface area contributed by atoms with Gasteiger partial charge in [0.1, 0.15) is 5.75 Å². The number of hydrogen-bond donors (Lipinski definition) is 2. The molecule has 0 saturated carbocycles. The number of carbonyl (C=O) groups excluding carboxylic acids is 2. The number of nitrogens with zero attached hydrogens (tertiary/aromatic N) is 1. The van der Waals surface area contributed by atoms with Crippen LogP contribution in [0.1, 0.15) is 18.9 Å². The summed E-state index contributed by atoms with van der Waals surface area (Å²) in [6.45, 7) is 2.52. The molecule has 0 aliphatic carbocycles. The molecule has 28 heavy (non-hydrogen) atoms. The average molecular weight is 402 g/mol. The minimum absolute atomic E-state index is 0.117. The molecular formula is C19H18N2O6S. The van der Waals surface area contributed by atoms with Gasteiger partial charge in [0.15, 0.2) is 5.76 Å². The van der Waals surface area contributed by atoms with Crippen molar-refractivity contribution in [3.8, 4) is 5.75 Å². The molecule has 2 amide bonds.